The maximum atomic E-state index is 12.8. The van der Waals surface area contributed by atoms with Gasteiger partial charge in [-0.3, -0.25) is 9.52 Å². The molecule has 0 aliphatic carbocycles. The van der Waals surface area contributed by atoms with Crippen LogP contribution < -0.4 is 10.0 Å². The predicted molar refractivity (Wildman–Crippen MR) is 120 cm³/mol. The molecular weight excluding hydrogens is 396 g/mol. The van der Waals surface area contributed by atoms with Gasteiger partial charge in [0, 0.05) is 11.3 Å². The van der Waals surface area contributed by atoms with Crippen molar-refractivity contribution in [3.8, 4) is 0 Å². The van der Waals surface area contributed by atoms with E-state index in [2.05, 4.69) is 16.1 Å². The molecule has 30 heavy (non-hydrogen) atoms. The Morgan fingerprint density at radius 3 is 2.20 bits per heavy atom. The van der Waals surface area contributed by atoms with Crippen molar-refractivity contribution in [1.29, 1.82) is 0 Å². The summed E-state index contributed by atoms with van der Waals surface area (Å²) in [5, 5.41) is 2.95. The van der Waals surface area contributed by atoms with Gasteiger partial charge in [-0.05, 0) is 69.2 Å². The van der Waals surface area contributed by atoms with E-state index in [1.807, 2.05) is 52.0 Å². The van der Waals surface area contributed by atoms with E-state index in [4.69, 9.17) is 0 Å². The minimum atomic E-state index is -3.80. The topological polar surface area (TPSA) is 75.3 Å². The summed E-state index contributed by atoms with van der Waals surface area (Å²) < 4.78 is 28.0. The number of hydrogen-bond donors (Lipinski definition) is 2. The van der Waals surface area contributed by atoms with Crippen LogP contribution >= 0.6 is 0 Å². The molecule has 0 aliphatic rings. The summed E-state index contributed by atoms with van der Waals surface area (Å²) in [6.07, 6.45) is 0. The number of carbonyl (C=O) groups is 1. The molecule has 0 saturated carbocycles. The highest BCUT2D eigenvalue weighted by atomic mass is 32.2. The zero-order valence-electron chi connectivity index (χ0n) is 17.6. The van der Waals surface area contributed by atoms with Crippen LogP contribution in [0.15, 0.2) is 71.6 Å². The second-order valence-corrected chi connectivity index (χ2v) is 9.24. The maximum Gasteiger partial charge on any atom is 0.261 e. The maximum absolute atomic E-state index is 12.8. The summed E-state index contributed by atoms with van der Waals surface area (Å²) in [6, 6.07) is 19.0. The first-order valence-corrected chi connectivity index (χ1v) is 11.2. The van der Waals surface area contributed by atoms with Crippen LogP contribution in [0.1, 0.15) is 45.6 Å². The van der Waals surface area contributed by atoms with Crippen LogP contribution in [0, 0.1) is 20.8 Å². The second kappa shape index (κ2) is 8.71. The molecule has 1 amide bonds. The summed E-state index contributed by atoms with van der Waals surface area (Å²) in [5.41, 5.74) is 5.08. The first-order valence-electron chi connectivity index (χ1n) is 9.73. The lowest BCUT2D eigenvalue weighted by molar-refractivity contribution is 0.0939. The Kier molecular flexibility index (Phi) is 6.27. The number of sulfonamides is 1. The first kappa shape index (κ1) is 21.6. The summed E-state index contributed by atoms with van der Waals surface area (Å²) in [6.45, 7) is 7.88. The van der Waals surface area contributed by atoms with Gasteiger partial charge in [-0.15, -0.1) is 0 Å². The van der Waals surface area contributed by atoms with Gasteiger partial charge in [0.2, 0.25) is 0 Å². The Labute approximate surface area is 178 Å². The van der Waals surface area contributed by atoms with Crippen LogP contribution in [0.25, 0.3) is 0 Å². The van der Waals surface area contributed by atoms with Crippen LogP contribution in [-0.4, -0.2) is 14.3 Å². The molecule has 156 valence electrons. The number of benzene rings is 3. The lowest BCUT2D eigenvalue weighted by atomic mass is 10.00. The van der Waals surface area contributed by atoms with Crippen molar-refractivity contribution >= 4 is 21.6 Å². The molecule has 3 aromatic rings. The molecule has 0 spiro atoms. The highest BCUT2D eigenvalue weighted by Gasteiger charge is 2.18. The van der Waals surface area contributed by atoms with Crippen molar-refractivity contribution in [3.05, 3.63) is 94.5 Å². The smallest absolute Gasteiger partial charge is 0.261 e. The third-order valence-corrected chi connectivity index (χ3v) is 6.33. The molecule has 0 radical (unpaired) electrons. The van der Waals surface area contributed by atoms with Crippen LogP contribution in [0.5, 0.6) is 0 Å². The summed E-state index contributed by atoms with van der Waals surface area (Å²) >= 11 is 0. The number of rotatable bonds is 6. The Morgan fingerprint density at radius 1 is 0.867 bits per heavy atom. The number of amides is 1. The Balaban J connectivity index is 1.78. The van der Waals surface area contributed by atoms with Crippen molar-refractivity contribution in [3.63, 3.8) is 0 Å². The summed E-state index contributed by atoms with van der Waals surface area (Å²) in [5.74, 6) is -0.324. The zero-order chi connectivity index (χ0) is 21.9. The van der Waals surface area contributed by atoms with E-state index >= 15 is 0 Å². The molecule has 6 heteroatoms. The molecule has 0 saturated heterocycles. The molecule has 3 aromatic carbocycles. The van der Waals surface area contributed by atoms with Crippen LogP contribution in [0.2, 0.25) is 0 Å². The number of aryl methyl sites for hydroxylation is 3. The fourth-order valence-electron chi connectivity index (χ4n) is 3.31. The monoisotopic (exact) mass is 422 g/mol. The average molecular weight is 423 g/mol. The number of hydrogen-bond acceptors (Lipinski definition) is 3. The highest BCUT2D eigenvalue weighted by Crippen LogP contribution is 2.21. The third kappa shape index (κ3) is 5.07. The first-order chi connectivity index (χ1) is 14.2. The fourth-order valence-corrected chi connectivity index (χ4v) is 4.41. The van der Waals surface area contributed by atoms with Crippen molar-refractivity contribution in [2.75, 3.05) is 4.72 Å². The molecule has 0 aromatic heterocycles. The quantitative estimate of drug-likeness (QED) is 0.593. The van der Waals surface area contributed by atoms with E-state index in [0.717, 1.165) is 22.3 Å². The highest BCUT2D eigenvalue weighted by molar-refractivity contribution is 7.92. The van der Waals surface area contributed by atoms with Gasteiger partial charge >= 0.3 is 0 Å². The fraction of sp³-hybridized carbons (Fsp3) is 0.208. The molecule has 0 aliphatic heterocycles. The number of carbonyl (C=O) groups excluding carboxylic acids is 1. The minimum absolute atomic E-state index is 0.0369. The number of nitrogens with one attached hydrogen (secondary N) is 2. The van der Waals surface area contributed by atoms with Crippen LogP contribution in [0.4, 0.5) is 5.69 Å². The summed E-state index contributed by atoms with van der Waals surface area (Å²) in [7, 11) is -3.80. The lowest BCUT2D eigenvalue weighted by Crippen LogP contribution is -2.27. The van der Waals surface area contributed by atoms with Crippen molar-refractivity contribution in [1.82, 2.24) is 5.32 Å². The third-order valence-electron chi connectivity index (χ3n) is 4.95. The molecular formula is C24H26N2O3S. The SMILES string of the molecule is Cc1ccc(NS(=O)(=O)c2cccc(C(=O)N[C@H](C)c3ccc(C)cc3C)c2)cc1. The molecule has 1 atom stereocenters. The Morgan fingerprint density at radius 2 is 1.53 bits per heavy atom. The van der Waals surface area contributed by atoms with Gasteiger partial charge in [-0.1, -0.05) is 47.5 Å². The zero-order valence-corrected chi connectivity index (χ0v) is 18.4. The standard InChI is InChI=1S/C24H26N2O3S/c1-16-8-11-21(12-9-16)26-30(28,29)22-7-5-6-20(15-22)24(27)25-19(4)23-13-10-17(2)14-18(23)3/h5-15,19,26H,1-4H3,(H,25,27)/t19-/m1/s1. The lowest BCUT2D eigenvalue weighted by Gasteiger charge is -2.17. The van der Waals surface area contributed by atoms with Gasteiger partial charge in [0.05, 0.1) is 10.9 Å². The van der Waals surface area contributed by atoms with Gasteiger partial charge in [0.15, 0.2) is 0 Å². The normalized spacial score (nSPS) is 12.3. The predicted octanol–water partition coefficient (Wildman–Crippen LogP) is 4.90. The molecule has 0 fully saturated rings. The Bertz CT molecular complexity index is 1170. The van der Waals surface area contributed by atoms with Gasteiger partial charge in [0.25, 0.3) is 15.9 Å². The van der Waals surface area contributed by atoms with E-state index in [0.29, 0.717) is 11.3 Å². The van der Waals surface area contributed by atoms with Gasteiger partial charge in [0.1, 0.15) is 0 Å². The van der Waals surface area contributed by atoms with Gasteiger partial charge in [-0.2, -0.15) is 0 Å². The van der Waals surface area contributed by atoms with Crippen LogP contribution in [0.3, 0.4) is 0 Å². The second-order valence-electron chi connectivity index (χ2n) is 7.55. The number of anilines is 1. The van der Waals surface area contributed by atoms with E-state index in [9.17, 15) is 13.2 Å². The Hall–Kier alpha value is -3.12. The molecule has 0 unspecified atom stereocenters. The molecule has 0 heterocycles. The largest absolute Gasteiger partial charge is 0.346 e. The van der Waals surface area contributed by atoms with Crippen molar-refractivity contribution in [2.45, 2.75) is 38.6 Å². The van der Waals surface area contributed by atoms with Crippen LogP contribution in [-0.2, 0) is 10.0 Å². The molecule has 3 rings (SSSR count). The van der Waals surface area contributed by atoms with E-state index in [-0.39, 0.29) is 16.8 Å². The summed E-state index contributed by atoms with van der Waals surface area (Å²) in [4.78, 5) is 12.8. The van der Waals surface area contributed by atoms with E-state index in [1.54, 1.807) is 24.3 Å². The molecule has 2 N–H and O–H groups in total. The average Bonchev–Trinajstić information content (AvgIpc) is 2.69. The van der Waals surface area contributed by atoms with Gasteiger partial charge < -0.3 is 5.32 Å². The molecule has 5 nitrogen and oxygen atoms in total. The van der Waals surface area contributed by atoms with Gasteiger partial charge in [-0.25, -0.2) is 8.42 Å². The van der Waals surface area contributed by atoms with Crippen molar-refractivity contribution in [2.24, 2.45) is 0 Å². The minimum Gasteiger partial charge on any atom is -0.346 e. The molecule has 0 bridgehead atoms. The van der Waals surface area contributed by atoms with Crippen molar-refractivity contribution < 1.29 is 13.2 Å². The van der Waals surface area contributed by atoms with E-state index in [1.165, 1.54) is 12.1 Å². The van der Waals surface area contributed by atoms with E-state index < -0.39 is 10.0 Å².